The minimum absolute atomic E-state index is 0.341. The first kappa shape index (κ1) is 13.1. The highest BCUT2D eigenvalue weighted by Crippen LogP contribution is 2.03. The van der Waals surface area contributed by atoms with Gasteiger partial charge in [-0.2, -0.15) is 0 Å². The number of aliphatic hydroxyl groups is 1. The Morgan fingerprint density at radius 1 is 1.38 bits per heavy atom. The van der Waals surface area contributed by atoms with Crippen LogP contribution in [0.4, 0.5) is 0 Å². The van der Waals surface area contributed by atoms with E-state index < -0.39 is 0 Å². The van der Waals surface area contributed by atoms with E-state index in [0.717, 1.165) is 25.1 Å². The van der Waals surface area contributed by atoms with Gasteiger partial charge in [0.2, 0.25) is 0 Å². The van der Waals surface area contributed by atoms with Crippen molar-refractivity contribution in [2.75, 3.05) is 13.1 Å². The standard InChI is InChI=1S/C13H22N2O/c1-3-7-14-10-13(16)8-12-6-5-11(4-2)9-15-12/h5-6,9,13-14,16H,3-4,7-8,10H2,1-2H3. The molecule has 0 aliphatic carbocycles. The van der Waals surface area contributed by atoms with Crippen molar-refractivity contribution in [2.24, 2.45) is 0 Å². The number of aliphatic hydroxyl groups excluding tert-OH is 1. The molecule has 0 bridgehead atoms. The van der Waals surface area contributed by atoms with E-state index in [4.69, 9.17) is 0 Å². The fourth-order valence-electron chi connectivity index (χ4n) is 1.54. The van der Waals surface area contributed by atoms with Crippen LogP contribution in [0.25, 0.3) is 0 Å². The van der Waals surface area contributed by atoms with Gasteiger partial charge in [-0.05, 0) is 31.0 Å². The Morgan fingerprint density at radius 3 is 2.75 bits per heavy atom. The van der Waals surface area contributed by atoms with Gasteiger partial charge < -0.3 is 10.4 Å². The van der Waals surface area contributed by atoms with E-state index in [-0.39, 0.29) is 6.10 Å². The molecule has 0 aliphatic heterocycles. The van der Waals surface area contributed by atoms with Crippen molar-refractivity contribution in [1.82, 2.24) is 10.3 Å². The molecular formula is C13H22N2O. The minimum Gasteiger partial charge on any atom is -0.391 e. The van der Waals surface area contributed by atoms with Crippen molar-refractivity contribution < 1.29 is 5.11 Å². The Morgan fingerprint density at radius 2 is 2.19 bits per heavy atom. The van der Waals surface area contributed by atoms with Gasteiger partial charge >= 0.3 is 0 Å². The molecule has 0 aliphatic rings. The van der Waals surface area contributed by atoms with Crippen molar-refractivity contribution in [2.45, 2.75) is 39.2 Å². The molecule has 1 atom stereocenters. The van der Waals surface area contributed by atoms with Crippen LogP contribution in [-0.4, -0.2) is 29.3 Å². The molecule has 1 unspecified atom stereocenters. The van der Waals surface area contributed by atoms with Crippen LogP contribution in [0, 0.1) is 0 Å². The lowest BCUT2D eigenvalue weighted by molar-refractivity contribution is 0.171. The highest BCUT2D eigenvalue weighted by atomic mass is 16.3. The van der Waals surface area contributed by atoms with Gasteiger partial charge in [0, 0.05) is 24.9 Å². The normalized spacial score (nSPS) is 12.7. The molecule has 2 N–H and O–H groups in total. The predicted octanol–water partition coefficient (Wildman–Crippen LogP) is 1.55. The third-order valence-electron chi connectivity index (χ3n) is 2.55. The third kappa shape index (κ3) is 4.73. The fraction of sp³-hybridized carbons (Fsp3) is 0.615. The first-order chi connectivity index (χ1) is 7.76. The number of hydrogen-bond donors (Lipinski definition) is 2. The van der Waals surface area contributed by atoms with Crippen LogP contribution in [0.15, 0.2) is 18.3 Å². The summed E-state index contributed by atoms with van der Waals surface area (Å²) in [5, 5.41) is 13.0. The van der Waals surface area contributed by atoms with E-state index in [1.54, 1.807) is 0 Å². The Hall–Kier alpha value is -0.930. The zero-order chi connectivity index (χ0) is 11.8. The summed E-state index contributed by atoms with van der Waals surface area (Å²) < 4.78 is 0. The van der Waals surface area contributed by atoms with Crippen LogP contribution in [0.2, 0.25) is 0 Å². The van der Waals surface area contributed by atoms with Gasteiger partial charge in [0.25, 0.3) is 0 Å². The highest BCUT2D eigenvalue weighted by Gasteiger charge is 2.05. The first-order valence-electron chi connectivity index (χ1n) is 6.08. The van der Waals surface area contributed by atoms with E-state index in [1.165, 1.54) is 5.56 Å². The predicted molar refractivity (Wildman–Crippen MR) is 66.5 cm³/mol. The van der Waals surface area contributed by atoms with Crippen molar-refractivity contribution in [3.8, 4) is 0 Å². The lowest BCUT2D eigenvalue weighted by atomic mass is 10.1. The number of aryl methyl sites for hydroxylation is 1. The highest BCUT2D eigenvalue weighted by molar-refractivity contribution is 5.14. The van der Waals surface area contributed by atoms with Crippen LogP contribution in [0.5, 0.6) is 0 Å². The van der Waals surface area contributed by atoms with E-state index in [2.05, 4.69) is 30.2 Å². The number of nitrogens with zero attached hydrogens (tertiary/aromatic N) is 1. The van der Waals surface area contributed by atoms with E-state index in [1.807, 2.05) is 12.3 Å². The molecule has 1 heterocycles. The Bertz CT molecular complexity index is 284. The Kier molecular flexibility index (Phi) is 6.04. The van der Waals surface area contributed by atoms with E-state index in [9.17, 15) is 5.11 Å². The lowest BCUT2D eigenvalue weighted by Gasteiger charge is -2.11. The van der Waals surface area contributed by atoms with Gasteiger partial charge in [0.05, 0.1) is 6.10 Å². The molecule has 0 fully saturated rings. The molecule has 0 aromatic carbocycles. The van der Waals surface area contributed by atoms with Crippen LogP contribution in [0.1, 0.15) is 31.5 Å². The summed E-state index contributed by atoms with van der Waals surface area (Å²) >= 11 is 0. The fourth-order valence-corrected chi connectivity index (χ4v) is 1.54. The van der Waals surface area contributed by atoms with Gasteiger partial charge in [-0.15, -0.1) is 0 Å². The largest absolute Gasteiger partial charge is 0.391 e. The maximum absolute atomic E-state index is 9.75. The number of pyridine rings is 1. The molecule has 1 aromatic heterocycles. The van der Waals surface area contributed by atoms with Crippen molar-refractivity contribution in [1.29, 1.82) is 0 Å². The van der Waals surface area contributed by atoms with Gasteiger partial charge in [0.1, 0.15) is 0 Å². The maximum atomic E-state index is 9.75. The van der Waals surface area contributed by atoms with Gasteiger partial charge in [-0.25, -0.2) is 0 Å². The summed E-state index contributed by atoms with van der Waals surface area (Å²) in [5.74, 6) is 0. The second-order valence-electron chi connectivity index (χ2n) is 4.07. The summed E-state index contributed by atoms with van der Waals surface area (Å²) in [5.41, 5.74) is 2.20. The van der Waals surface area contributed by atoms with Crippen LogP contribution < -0.4 is 5.32 Å². The average molecular weight is 222 g/mol. The molecule has 16 heavy (non-hydrogen) atoms. The third-order valence-corrected chi connectivity index (χ3v) is 2.55. The van der Waals surface area contributed by atoms with Gasteiger partial charge in [-0.3, -0.25) is 4.98 Å². The van der Waals surface area contributed by atoms with Gasteiger partial charge in [-0.1, -0.05) is 19.9 Å². The minimum atomic E-state index is -0.341. The molecule has 0 saturated carbocycles. The monoisotopic (exact) mass is 222 g/mol. The van der Waals surface area contributed by atoms with Crippen LogP contribution >= 0.6 is 0 Å². The van der Waals surface area contributed by atoms with Crippen LogP contribution in [0.3, 0.4) is 0 Å². The molecule has 3 nitrogen and oxygen atoms in total. The topological polar surface area (TPSA) is 45.1 Å². The average Bonchev–Trinajstić information content (AvgIpc) is 2.30. The summed E-state index contributed by atoms with van der Waals surface area (Å²) in [4.78, 5) is 4.33. The lowest BCUT2D eigenvalue weighted by Crippen LogP contribution is -2.29. The number of hydrogen-bond acceptors (Lipinski definition) is 3. The zero-order valence-corrected chi connectivity index (χ0v) is 10.2. The number of nitrogens with one attached hydrogen (secondary N) is 1. The molecule has 90 valence electrons. The van der Waals surface area contributed by atoms with E-state index in [0.29, 0.717) is 13.0 Å². The first-order valence-corrected chi connectivity index (χ1v) is 6.08. The number of rotatable bonds is 7. The van der Waals surface area contributed by atoms with Crippen LogP contribution in [-0.2, 0) is 12.8 Å². The molecule has 1 rings (SSSR count). The second kappa shape index (κ2) is 7.36. The summed E-state index contributed by atoms with van der Waals surface area (Å²) in [6.45, 7) is 5.83. The molecule has 0 amide bonds. The zero-order valence-electron chi connectivity index (χ0n) is 10.2. The molecule has 0 saturated heterocycles. The van der Waals surface area contributed by atoms with E-state index >= 15 is 0 Å². The summed E-state index contributed by atoms with van der Waals surface area (Å²) in [7, 11) is 0. The summed E-state index contributed by atoms with van der Waals surface area (Å²) in [6, 6.07) is 4.08. The smallest absolute Gasteiger partial charge is 0.0719 e. The van der Waals surface area contributed by atoms with Gasteiger partial charge in [0.15, 0.2) is 0 Å². The SMILES string of the molecule is CCCNCC(O)Cc1ccc(CC)cn1. The molecule has 0 radical (unpaired) electrons. The summed E-state index contributed by atoms with van der Waals surface area (Å²) in [6.07, 6.45) is 4.28. The molecule has 0 spiro atoms. The molecular weight excluding hydrogens is 200 g/mol. The quantitative estimate of drug-likeness (QED) is 0.688. The number of aromatic nitrogens is 1. The second-order valence-corrected chi connectivity index (χ2v) is 4.07. The maximum Gasteiger partial charge on any atom is 0.0719 e. The Balaban J connectivity index is 2.34. The Labute approximate surface area is 97.9 Å². The van der Waals surface area contributed by atoms with Crippen molar-refractivity contribution in [3.05, 3.63) is 29.6 Å². The van der Waals surface area contributed by atoms with Crippen molar-refractivity contribution in [3.63, 3.8) is 0 Å². The molecule has 3 heteroatoms. The van der Waals surface area contributed by atoms with Crippen molar-refractivity contribution >= 4 is 0 Å². The molecule has 1 aromatic rings.